The summed E-state index contributed by atoms with van der Waals surface area (Å²) >= 11 is 0. The maximum absolute atomic E-state index is 11.7. The fourth-order valence-corrected chi connectivity index (χ4v) is 1.33. The summed E-state index contributed by atoms with van der Waals surface area (Å²) in [6.45, 7) is 1.33. The van der Waals surface area contributed by atoms with Crippen LogP contribution in [-0.4, -0.2) is 36.8 Å². The number of nitrogens with zero attached hydrogens (tertiary/aromatic N) is 1. The SMILES string of the molecule is NCC1CCN1CCC(F)(F)F. The van der Waals surface area contributed by atoms with Crippen molar-refractivity contribution in [1.29, 1.82) is 0 Å². The second kappa shape index (κ2) is 3.62. The molecule has 0 amide bonds. The van der Waals surface area contributed by atoms with Gasteiger partial charge in [-0.2, -0.15) is 13.2 Å². The monoisotopic (exact) mass is 182 g/mol. The Kier molecular flexibility index (Phi) is 2.95. The Morgan fingerprint density at radius 3 is 2.42 bits per heavy atom. The van der Waals surface area contributed by atoms with Crippen LogP contribution >= 0.6 is 0 Å². The summed E-state index contributed by atoms with van der Waals surface area (Å²) in [5, 5.41) is 0. The van der Waals surface area contributed by atoms with Crippen molar-refractivity contribution in [2.24, 2.45) is 5.73 Å². The Balaban J connectivity index is 2.16. The van der Waals surface area contributed by atoms with E-state index in [1.54, 1.807) is 4.90 Å². The summed E-state index contributed by atoms with van der Waals surface area (Å²) in [4.78, 5) is 1.79. The Morgan fingerprint density at radius 1 is 1.42 bits per heavy atom. The molecule has 1 atom stereocenters. The lowest BCUT2D eigenvalue weighted by Gasteiger charge is -2.40. The number of alkyl halides is 3. The van der Waals surface area contributed by atoms with Gasteiger partial charge in [0.1, 0.15) is 0 Å². The highest BCUT2D eigenvalue weighted by molar-refractivity contribution is 4.83. The third kappa shape index (κ3) is 2.64. The van der Waals surface area contributed by atoms with Gasteiger partial charge in [0.15, 0.2) is 0 Å². The van der Waals surface area contributed by atoms with Gasteiger partial charge >= 0.3 is 6.18 Å². The van der Waals surface area contributed by atoms with Crippen LogP contribution in [0, 0.1) is 0 Å². The van der Waals surface area contributed by atoms with Gasteiger partial charge in [-0.05, 0) is 6.42 Å². The van der Waals surface area contributed by atoms with E-state index in [-0.39, 0.29) is 12.6 Å². The first-order valence-corrected chi connectivity index (χ1v) is 4.04. The standard InChI is InChI=1S/C7H13F3N2/c8-7(9,10)2-4-12-3-1-6(12)5-11/h6H,1-5,11H2. The van der Waals surface area contributed by atoms with Crippen LogP contribution in [0.5, 0.6) is 0 Å². The van der Waals surface area contributed by atoms with Gasteiger partial charge in [0.2, 0.25) is 0 Å². The van der Waals surface area contributed by atoms with E-state index in [2.05, 4.69) is 0 Å². The summed E-state index contributed by atoms with van der Waals surface area (Å²) < 4.78 is 35.2. The zero-order valence-corrected chi connectivity index (χ0v) is 6.77. The Bertz CT molecular complexity index is 144. The summed E-state index contributed by atoms with van der Waals surface area (Å²) in [5.74, 6) is 0. The fraction of sp³-hybridized carbons (Fsp3) is 1.00. The molecule has 0 aromatic heterocycles. The molecular formula is C7H13F3N2. The number of rotatable bonds is 3. The molecule has 1 aliphatic rings. The molecule has 1 rings (SSSR count). The molecule has 0 aromatic carbocycles. The molecule has 1 heterocycles. The molecule has 72 valence electrons. The van der Waals surface area contributed by atoms with Crippen molar-refractivity contribution in [1.82, 2.24) is 4.90 Å². The summed E-state index contributed by atoms with van der Waals surface area (Å²) in [6, 6.07) is 0.187. The number of likely N-dealkylation sites (tertiary alicyclic amines) is 1. The highest BCUT2D eigenvalue weighted by Gasteiger charge is 2.32. The summed E-state index contributed by atoms with van der Waals surface area (Å²) in [7, 11) is 0. The van der Waals surface area contributed by atoms with Gasteiger partial charge in [0.05, 0.1) is 6.42 Å². The zero-order chi connectivity index (χ0) is 9.19. The van der Waals surface area contributed by atoms with Gasteiger partial charge in [-0.25, -0.2) is 0 Å². The van der Waals surface area contributed by atoms with Crippen LogP contribution in [0.2, 0.25) is 0 Å². The van der Waals surface area contributed by atoms with Gasteiger partial charge in [0.25, 0.3) is 0 Å². The van der Waals surface area contributed by atoms with E-state index >= 15 is 0 Å². The Hall–Kier alpha value is -0.290. The second-order valence-electron chi connectivity index (χ2n) is 3.08. The lowest BCUT2D eigenvalue weighted by Crippen LogP contribution is -2.52. The normalized spacial score (nSPS) is 25.5. The molecule has 1 aliphatic heterocycles. The first kappa shape index (κ1) is 9.80. The molecule has 2 N–H and O–H groups in total. The quantitative estimate of drug-likeness (QED) is 0.704. The average molecular weight is 182 g/mol. The minimum absolute atomic E-state index is 0.103. The number of hydrogen-bond acceptors (Lipinski definition) is 2. The van der Waals surface area contributed by atoms with Gasteiger partial charge in [0, 0.05) is 25.7 Å². The molecule has 0 radical (unpaired) electrons. The maximum atomic E-state index is 11.7. The second-order valence-corrected chi connectivity index (χ2v) is 3.08. The molecule has 1 unspecified atom stereocenters. The van der Waals surface area contributed by atoms with Crippen molar-refractivity contribution >= 4 is 0 Å². The Labute approximate surface area is 69.5 Å². The molecule has 0 spiro atoms. The predicted octanol–water partition coefficient (Wildman–Crippen LogP) is 0.972. The molecule has 0 aromatic rings. The average Bonchev–Trinajstić information content (AvgIpc) is 1.83. The zero-order valence-electron chi connectivity index (χ0n) is 6.77. The third-order valence-corrected chi connectivity index (χ3v) is 2.22. The fourth-order valence-electron chi connectivity index (χ4n) is 1.33. The first-order chi connectivity index (χ1) is 5.53. The van der Waals surface area contributed by atoms with Crippen LogP contribution < -0.4 is 5.73 Å². The maximum Gasteiger partial charge on any atom is 0.390 e. The molecule has 5 heteroatoms. The van der Waals surface area contributed by atoms with Crippen LogP contribution in [0.25, 0.3) is 0 Å². The molecule has 12 heavy (non-hydrogen) atoms. The molecule has 2 nitrogen and oxygen atoms in total. The van der Waals surface area contributed by atoms with Crippen LogP contribution in [-0.2, 0) is 0 Å². The van der Waals surface area contributed by atoms with Gasteiger partial charge in [-0.15, -0.1) is 0 Å². The van der Waals surface area contributed by atoms with E-state index in [9.17, 15) is 13.2 Å². The summed E-state index contributed by atoms with van der Waals surface area (Å²) in [5.41, 5.74) is 5.34. The van der Waals surface area contributed by atoms with Crippen LogP contribution in [0.1, 0.15) is 12.8 Å². The van der Waals surface area contributed by atoms with E-state index < -0.39 is 12.6 Å². The van der Waals surface area contributed by atoms with Crippen LogP contribution in [0.4, 0.5) is 13.2 Å². The largest absolute Gasteiger partial charge is 0.390 e. The van der Waals surface area contributed by atoms with Crippen molar-refractivity contribution in [2.45, 2.75) is 25.1 Å². The highest BCUT2D eigenvalue weighted by Crippen LogP contribution is 2.23. The van der Waals surface area contributed by atoms with Crippen LogP contribution in [0.15, 0.2) is 0 Å². The lowest BCUT2D eigenvalue weighted by atomic mass is 10.0. The Morgan fingerprint density at radius 2 is 2.08 bits per heavy atom. The van der Waals surface area contributed by atoms with Crippen molar-refractivity contribution < 1.29 is 13.2 Å². The molecular weight excluding hydrogens is 169 g/mol. The van der Waals surface area contributed by atoms with E-state index in [4.69, 9.17) is 5.73 Å². The van der Waals surface area contributed by atoms with E-state index in [0.29, 0.717) is 6.54 Å². The lowest BCUT2D eigenvalue weighted by molar-refractivity contribution is -0.141. The van der Waals surface area contributed by atoms with Gasteiger partial charge in [-0.1, -0.05) is 0 Å². The van der Waals surface area contributed by atoms with Crippen LogP contribution in [0.3, 0.4) is 0 Å². The minimum atomic E-state index is -4.03. The number of nitrogens with two attached hydrogens (primary N) is 1. The summed E-state index contributed by atoms with van der Waals surface area (Å²) in [6.07, 6.45) is -3.81. The number of halogens is 3. The van der Waals surface area contributed by atoms with E-state index in [1.807, 2.05) is 0 Å². The smallest absolute Gasteiger partial charge is 0.329 e. The van der Waals surface area contributed by atoms with Crippen molar-refractivity contribution in [3.8, 4) is 0 Å². The molecule has 0 saturated carbocycles. The van der Waals surface area contributed by atoms with Gasteiger partial charge in [-0.3, -0.25) is 4.90 Å². The van der Waals surface area contributed by atoms with Crippen molar-refractivity contribution in [3.05, 3.63) is 0 Å². The highest BCUT2D eigenvalue weighted by atomic mass is 19.4. The van der Waals surface area contributed by atoms with Crippen molar-refractivity contribution in [3.63, 3.8) is 0 Å². The third-order valence-electron chi connectivity index (χ3n) is 2.22. The topological polar surface area (TPSA) is 29.3 Å². The molecule has 1 saturated heterocycles. The van der Waals surface area contributed by atoms with Gasteiger partial charge < -0.3 is 5.73 Å². The predicted molar refractivity (Wildman–Crippen MR) is 39.7 cm³/mol. The molecule has 1 fully saturated rings. The van der Waals surface area contributed by atoms with Crippen molar-refractivity contribution in [2.75, 3.05) is 19.6 Å². The minimum Gasteiger partial charge on any atom is -0.329 e. The van der Waals surface area contributed by atoms with E-state index in [1.165, 1.54) is 0 Å². The van der Waals surface area contributed by atoms with E-state index in [0.717, 1.165) is 13.0 Å². The molecule has 0 aliphatic carbocycles. The first-order valence-electron chi connectivity index (χ1n) is 4.04. The molecule has 0 bridgehead atoms. The number of hydrogen-bond donors (Lipinski definition) is 1.